The van der Waals surface area contributed by atoms with Crippen LogP contribution in [0.2, 0.25) is 0 Å². The van der Waals surface area contributed by atoms with Crippen molar-refractivity contribution in [2.24, 2.45) is 0 Å². The molecule has 0 spiro atoms. The molecule has 112 valence electrons. The number of hydrogen-bond donors (Lipinski definition) is 1. The van der Waals surface area contributed by atoms with E-state index in [0.717, 1.165) is 23.7 Å². The predicted molar refractivity (Wildman–Crippen MR) is 69.9 cm³/mol. The molecule has 0 fully saturated rings. The van der Waals surface area contributed by atoms with Gasteiger partial charge in [0, 0.05) is 18.7 Å². The Morgan fingerprint density at radius 3 is 2.81 bits per heavy atom. The van der Waals surface area contributed by atoms with Crippen molar-refractivity contribution in [3.8, 4) is 5.69 Å². The van der Waals surface area contributed by atoms with Crippen LogP contribution >= 0.6 is 0 Å². The first-order chi connectivity index (χ1) is 10.0. The van der Waals surface area contributed by atoms with Gasteiger partial charge in [-0.15, -0.1) is 5.10 Å². The Bertz CT molecular complexity index is 659. The molecule has 0 atom stereocenters. The summed E-state index contributed by atoms with van der Waals surface area (Å²) in [6, 6.07) is 1.26. The highest BCUT2D eigenvalue weighted by Gasteiger charge is 2.20. The highest BCUT2D eigenvalue weighted by molar-refractivity contribution is 5.45. The monoisotopic (exact) mass is 297 g/mol. The Morgan fingerprint density at radius 2 is 2.14 bits per heavy atom. The summed E-state index contributed by atoms with van der Waals surface area (Å²) in [4.78, 5) is 9.77. The summed E-state index contributed by atoms with van der Waals surface area (Å²) in [5.41, 5.74) is -0.486. The minimum atomic E-state index is -1.23. The SMILES string of the molecule is CCCNCc1cn(-c2cc([N+](=O)[O-])c(F)cc2F)nn1. The lowest BCUT2D eigenvalue weighted by atomic mass is 10.2. The summed E-state index contributed by atoms with van der Waals surface area (Å²) in [7, 11) is 0. The van der Waals surface area contributed by atoms with E-state index < -0.39 is 22.2 Å². The maximum Gasteiger partial charge on any atom is 0.307 e. The quantitative estimate of drug-likeness (QED) is 0.500. The van der Waals surface area contributed by atoms with Gasteiger partial charge in [-0.3, -0.25) is 10.1 Å². The molecule has 1 N–H and O–H groups in total. The van der Waals surface area contributed by atoms with E-state index in [4.69, 9.17) is 0 Å². The van der Waals surface area contributed by atoms with Gasteiger partial charge in [0.1, 0.15) is 5.69 Å². The van der Waals surface area contributed by atoms with Crippen LogP contribution in [-0.2, 0) is 6.54 Å². The third-order valence-corrected chi connectivity index (χ3v) is 2.73. The molecule has 1 aromatic heterocycles. The van der Waals surface area contributed by atoms with Gasteiger partial charge in [0.25, 0.3) is 0 Å². The molecule has 2 rings (SSSR count). The molecule has 2 aromatic rings. The molecule has 0 unspecified atom stereocenters. The van der Waals surface area contributed by atoms with E-state index in [2.05, 4.69) is 15.6 Å². The number of aromatic nitrogens is 3. The van der Waals surface area contributed by atoms with Gasteiger partial charge in [0.15, 0.2) is 5.82 Å². The van der Waals surface area contributed by atoms with Gasteiger partial charge in [0.05, 0.1) is 16.8 Å². The van der Waals surface area contributed by atoms with Crippen molar-refractivity contribution < 1.29 is 13.7 Å². The second kappa shape index (κ2) is 6.35. The number of hydrogen-bond acceptors (Lipinski definition) is 5. The van der Waals surface area contributed by atoms with Gasteiger partial charge >= 0.3 is 5.69 Å². The largest absolute Gasteiger partial charge is 0.311 e. The summed E-state index contributed by atoms with van der Waals surface area (Å²) >= 11 is 0. The number of nitro groups is 1. The molecule has 0 aliphatic carbocycles. The third-order valence-electron chi connectivity index (χ3n) is 2.73. The normalized spacial score (nSPS) is 10.8. The molecule has 9 heteroatoms. The summed E-state index contributed by atoms with van der Waals surface area (Å²) in [6.45, 7) is 3.25. The Hall–Kier alpha value is -2.42. The fourth-order valence-corrected chi connectivity index (χ4v) is 1.73. The van der Waals surface area contributed by atoms with Crippen molar-refractivity contribution in [3.63, 3.8) is 0 Å². The smallest absolute Gasteiger partial charge is 0.307 e. The van der Waals surface area contributed by atoms with Crippen molar-refractivity contribution in [2.45, 2.75) is 19.9 Å². The fourth-order valence-electron chi connectivity index (χ4n) is 1.73. The van der Waals surface area contributed by atoms with E-state index in [1.54, 1.807) is 0 Å². The summed E-state index contributed by atoms with van der Waals surface area (Å²) < 4.78 is 28.0. The highest BCUT2D eigenvalue weighted by atomic mass is 19.1. The molecular weight excluding hydrogens is 284 g/mol. The molecule has 0 saturated heterocycles. The van der Waals surface area contributed by atoms with Crippen LogP contribution in [0.5, 0.6) is 0 Å². The maximum atomic E-state index is 13.7. The molecule has 1 heterocycles. The molecule has 0 amide bonds. The number of nitro benzene ring substituents is 1. The zero-order valence-corrected chi connectivity index (χ0v) is 11.2. The number of benzene rings is 1. The average Bonchev–Trinajstić information content (AvgIpc) is 2.87. The number of rotatable bonds is 6. The molecule has 0 aliphatic rings. The summed E-state index contributed by atoms with van der Waals surface area (Å²) in [5.74, 6) is -2.18. The molecule has 0 radical (unpaired) electrons. The second-order valence-electron chi connectivity index (χ2n) is 4.34. The molecule has 7 nitrogen and oxygen atoms in total. The van der Waals surface area contributed by atoms with E-state index in [-0.39, 0.29) is 5.69 Å². The molecule has 0 aliphatic heterocycles. The van der Waals surface area contributed by atoms with Crippen molar-refractivity contribution in [2.75, 3.05) is 6.54 Å². The first-order valence-electron chi connectivity index (χ1n) is 6.28. The van der Waals surface area contributed by atoms with Crippen molar-refractivity contribution in [1.82, 2.24) is 20.3 Å². The van der Waals surface area contributed by atoms with Crippen LogP contribution in [0.3, 0.4) is 0 Å². The van der Waals surface area contributed by atoms with E-state index >= 15 is 0 Å². The van der Waals surface area contributed by atoms with Crippen molar-refractivity contribution in [3.05, 3.63) is 45.8 Å². The van der Waals surface area contributed by atoms with E-state index in [1.165, 1.54) is 6.20 Å². The lowest BCUT2D eigenvalue weighted by Crippen LogP contribution is -2.13. The standard InChI is InChI=1S/C12H13F2N5O2/c1-2-3-15-6-8-7-18(17-16-8)11-5-12(19(20)21)10(14)4-9(11)13/h4-5,7,15H,2-3,6H2,1H3. The topological polar surface area (TPSA) is 85.9 Å². The predicted octanol–water partition coefficient (Wildman–Crippen LogP) is 1.95. The molecule has 21 heavy (non-hydrogen) atoms. The van der Waals surface area contributed by atoms with Gasteiger partial charge in [-0.25, -0.2) is 9.07 Å². The lowest BCUT2D eigenvalue weighted by molar-refractivity contribution is -0.387. The molecular formula is C12H13F2N5O2. The van der Waals surface area contributed by atoms with Crippen LogP contribution in [0.4, 0.5) is 14.5 Å². The minimum absolute atomic E-state index is 0.225. The number of nitrogens with one attached hydrogen (secondary N) is 1. The van der Waals surface area contributed by atoms with E-state index in [9.17, 15) is 18.9 Å². The van der Waals surface area contributed by atoms with Gasteiger partial charge in [-0.2, -0.15) is 4.39 Å². The molecule has 0 bridgehead atoms. The summed E-state index contributed by atoms with van der Waals surface area (Å²) in [5, 5.41) is 21.3. The summed E-state index contributed by atoms with van der Waals surface area (Å²) in [6.07, 6.45) is 2.38. The number of halogens is 2. The maximum absolute atomic E-state index is 13.7. The molecule has 1 aromatic carbocycles. The van der Waals surface area contributed by atoms with Gasteiger partial charge in [-0.1, -0.05) is 12.1 Å². The van der Waals surface area contributed by atoms with Crippen molar-refractivity contribution >= 4 is 5.69 Å². The van der Waals surface area contributed by atoms with Crippen LogP contribution in [0, 0.1) is 21.7 Å². The zero-order chi connectivity index (χ0) is 15.4. The Labute approximate surface area is 118 Å². The Kier molecular flexibility index (Phi) is 4.53. The van der Waals surface area contributed by atoms with Gasteiger partial charge < -0.3 is 5.32 Å². The average molecular weight is 297 g/mol. The lowest BCUT2D eigenvalue weighted by Gasteiger charge is -2.03. The third kappa shape index (κ3) is 3.37. The van der Waals surface area contributed by atoms with Gasteiger partial charge in [0.2, 0.25) is 5.82 Å². The number of nitrogens with zero attached hydrogens (tertiary/aromatic N) is 4. The Balaban J connectivity index is 2.29. The van der Waals surface area contributed by atoms with Crippen LogP contribution < -0.4 is 5.32 Å². The fraction of sp³-hybridized carbons (Fsp3) is 0.333. The van der Waals surface area contributed by atoms with Crippen LogP contribution in [0.25, 0.3) is 5.69 Å². The van der Waals surface area contributed by atoms with E-state index in [0.29, 0.717) is 18.3 Å². The second-order valence-corrected chi connectivity index (χ2v) is 4.34. The minimum Gasteiger partial charge on any atom is -0.311 e. The van der Waals surface area contributed by atoms with E-state index in [1.807, 2.05) is 6.92 Å². The Morgan fingerprint density at radius 1 is 1.38 bits per heavy atom. The van der Waals surface area contributed by atoms with Crippen LogP contribution in [-0.4, -0.2) is 26.5 Å². The van der Waals surface area contributed by atoms with Crippen molar-refractivity contribution in [1.29, 1.82) is 0 Å². The van der Waals surface area contributed by atoms with Crippen LogP contribution in [0.1, 0.15) is 19.0 Å². The molecule has 0 saturated carbocycles. The van der Waals surface area contributed by atoms with Crippen LogP contribution in [0.15, 0.2) is 18.3 Å². The zero-order valence-electron chi connectivity index (χ0n) is 11.2. The first-order valence-corrected chi connectivity index (χ1v) is 6.28. The highest BCUT2D eigenvalue weighted by Crippen LogP contribution is 2.23. The van der Waals surface area contributed by atoms with Gasteiger partial charge in [-0.05, 0) is 13.0 Å². The first kappa shape index (κ1) is 15.0.